The van der Waals surface area contributed by atoms with Crippen molar-refractivity contribution in [3.05, 3.63) is 65.7 Å². The number of hydrogen-bond donors (Lipinski definition) is 2. The summed E-state index contributed by atoms with van der Waals surface area (Å²) in [6.07, 6.45) is 0. The summed E-state index contributed by atoms with van der Waals surface area (Å²) in [6.45, 7) is 1.70. The van der Waals surface area contributed by atoms with Crippen LogP contribution in [-0.4, -0.2) is 47.7 Å². The second-order valence-corrected chi connectivity index (χ2v) is 8.40. The van der Waals surface area contributed by atoms with Crippen LogP contribution in [0, 0.1) is 5.92 Å². The SMILES string of the molecule is C[C@@H](C(=O)c1ccccc1)C(=S)N[C@@H](CSCc1ccc(N(C)C)cc1)C(=O)O. The van der Waals surface area contributed by atoms with Crippen LogP contribution in [0.1, 0.15) is 22.8 Å². The molecule has 0 saturated heterocycles. The van der Waals surface area contributed by atoms with Crippen LogP contribution in [0.4, 0.5) is 5.69 Å². The molecule has 0 radical (unpaired) electrons. The Labute approximate surface area is 181 Å². The van der Waals surface area contributed by atoms with Gasteiger partial charge in [0.1, 0.15) is 6.04 Å². The average Bonchev–Trinajstić information content (AvgIpc) is 2.72. The zero-order valence-corrected chi connectivity index (χ0v) is 18.4. The summed E-state index contributed by atoms with van der Waals surface area (Å²) >= 11 is 6.84. The lowest BCUT2D eigenvalue weighted by Crippen LogP contribution is -2.45. The first-order valence-corrected chi connectivity index (χ1v) is 10.8. The zero-order chi connectivity index (χ0) is 21.4. The molecule has 0 spiro atoms. The molecule has 0 saturated carbocycles. The molecule has 0 aliphatic heterocycles. The van der Waals surface area contributed by atoms with Crippen molar-refractivity contribution in [2.75, 3.05) is 24.7 Å². The Balaban J connectivity index is 1.89. The number of hydrogen-bond acceptors (Lipinski definition) is 5. The largest absolute Gasteiger partial charge is 0.480 e. The second-order valence-electron chi connectivity index (χ2n) is 6.93. The van der Waals surface area contributed by atoms with Crippen molar-refractivity contribution in [2.24, 2.45) is 5.92 Å². The van der Waals surface area contributed by atoms with Crippen molar-refractivity contribution >= 4 is 46.4 Å². The minimum Gasteiger partial charge on any atom is -0.480 e. The van der Waals surface area contributed by atoms with Gasteiger partial charge in [0.25, 0.3) is 0 Å². The molecule has 154 valence electrons. The standard InChI is InChI=1S/C22H26N2O3S2/c1-15(20(25)17-7-5-4-6-8-17)21(28)23-19(22(26)27)14-29-13-16-9-11-18(12-10-16)24(2)3/h4-12,15,19H,13-14H2,1-3H3,(H,23,28)(H,26,27)/t15-,19-/m0/s1. The van der Waals surface area contributed by atoms with Crippen molar-refractivity contribution in [1.29, 1.82) is 0 Å². The summed E-state index contributed by atoms with van der Waals surface area (Å²) in [5.74, 6) is -0.650. The molecule has 0 aliphatic rings. The molecule has 2 N–H and O–H groups in total. The van der Waals surface area contributed by atoms with Crippen molar-refractivity contribution in [3.63, 3.8) is 0 Å². The number of benzene rings is 2. The third kappa shape index (κ3) is 6.87. The quantitative estimate of drug-likeness (QED) is 0.438. The topological polar surface area (TPSA) is 69.6 Å². The van der Waals surface area contributed by atoms with Gasteiger partial charge in [0.05, 0.1) is 10.9 Å². The molecule has 5 nitrogen and oxygen atoms in total. The van der Waals surface area contributed by atoms with Crippen LogP contribution in [0.15, 0.2) is 54.6 Å². The van der Waals surface area contributed by atoms with Crippen molar-refractivity contribution < 1.29 is 14.7 Å². The predicted molar refractivity (Wildman–Crippen MR) is 124 cm³/mol. The highest BCUT2D eigenvalue weighted by atomic mass is 32.2. The van der Waals surface area contributed by atoms with Crippen molar-refractivity contribution in [3.8, 4) is 0 Å². The Morgan fingerprint density at radius 1 is 1.10 bits per heavy atom. The Kier molecular flexibility index (Phi) is 8.67. The molecule has 0 heterocycles. The first-order chi connectivity index (χ1) is 13.8. The van der Waals surface area contributed by atoms with E-state index in [9.17, 15) is 14.7 Å². The maximum absolute atomic E-state index is 12.5. The lowest BCUT2D eigenvalue weighted by atomic mass is 9.99. The van der Waals surface area contributed by atoms with E-state index < -0.39 is 17.9 Å². The van der Waals surface area contributed by atoms with Gasteiger partial charge in [0, 0.05) is 36.9 Å². The van der Waals surface area contributed by atoms with Crippen LogP contribution < -0.4 is 10.2 Å². The van der Waals surface area contributed by atoms with Gasteiger partial charge in [-0.1, -0.05) is 54.7 Å². The van der Waals surface area contributed by atoms with Gasteiger partial charge in [0.2, 0.25) is 0 Å². The maximum atomic E-state index is 12.5. The van der Waals surface area contributed by atoms with Crippen LogP contribution in [0.3, 0.4) is 0 Å². The summed E-state index contributed by atoms with van der Waals surface area (Å²) in [5, 5.41) is 12.4. The number of aliphatic carboxylic acids is 1. The van der Waals surface area contributed by atoms with E-state index in [2.05, 4.69) is 5.32 Å². The van der Waals surface area contributed by atoms with E-state index in [1.807, 2.05) is 49.3 Å². The molecule has 0 amide bonds. The molecule has 2 aromatic carbocycles. The van der Waals surface area contributed by atoms with Gasteiger partial charge in [-0.3, -0.25) is 4.79 Å². The summed E-state index contributed by atoms with van der Waals surface area (Å²) in [4.78, 5) is 26.4. The number of Topliss-reactive ketones (excluding diaryl/α,β-unsaturated/α-hetero) is 1. The molecule has 0 aromatic heterocycles. The summed E-state index contributed by atoms with van der Waals surface area (Å²) in [6, 6.07) is 16.2. The summed E-state index contributed by atoms with van der Waals surface area (Å²) in [5.41, 5.74) is 2.80. The van der Waals surface area contributed by atoms with Crippen LogP contribution in [0.25, 0.3) is 0 Å². The number of carbonyl (C=O) groups excluding carboxylic acids is 1. The molecule has 2 rings (SSSR count). The fourth-order valence-corrected chi connectivity index (χ4v) is 3.88. The first kappa shape index (κ1) is 22.9. The smallest absolute Gasteiger partial charge is 0.326 e. The van der Waals surface area contributed by atoms with Gasteiger partial charge >= 0.3 is 5.97 Å². The number of thiocarbonyl (C=S) groups is 1. The lowest BCUT2D eigenvalue weighted by molar-refractivity contribution is -0.138. The Morgan fingerprint density at radius 3 is 2.28 bits per heavy atom. The molecule has 0 aliphatic carbocycles. The van der Waals surface area contributed by atoms with Gasteiger partial charge < -0.3 is 15.3 Å². The molecule has 0 fully saturated rings. The van der Waals surface area contributed by atoms with E-state index in [1.54, 1.807) is 31.2 Å². The van der Waals surface area contributed by atoms with Crippen LogP contribution in [0.2, 0.25) is 0 Å². The fourth-order valence-electron chi connectivity index (χ4n) is 2.63. The number of rotatable bonds is 10. The predicted octanol–water partition coefficient (Wildman–Crippen LogP) is 3.88. The van der Waals surface area contributed by atoms with Gasteiger partial charge in [-0.05, 0) is 24.6 Å². The first-order valence-electron chi connectivity index (χ1n) is 9.26. The lowest BCUT2D eigenvalue weighted by Gasteiger charge is -2.20. The van der Waals surface area contributed by atoms with Crippen LogP contribution in [0.5, 0.6) is 0 Å². The number of carbonyl (C=O) groups is 2. The highest BCUT2D eigenvalue weighted by Gasteiger charge is 2.24. The normalized spacial score (nSPS) is 12.7. The van der Waals surface area contributed by atoms with E-state index in [-0.39, 0.29) is 10.8 Å². The number of nitrogens with one attached hydrogen (secondary N) is 1. The monoisotopic (exact) mass is 430 g/mol. The second kappa shape index (κ2) is 11.0. The summed E-state index contributed by atoms with van der Waals surface area (Å²) in [7, 11) is 3.97. The van der Waals surface area contributed by atoms with Gasteiger partial charge in [0.15, 0.2) is 5.78 Å². The highest BCUT2D eigenvalue weighted by molar-refractivity contribution is 7.98. The van der Waals surface area contributed by atoms with Crippen molar-refractivity contribution in [2.45, 2.75) is 18.7 Å². The van der Waals surface area contributed by atoms with E-state index in [0.717, 1.165) is 11.3 Å². The molecular formula is C22H26N2O3S2. The minimum absolute atomic E-state index is 0.124. The summed E-state index contributed by atoms with van der Waals surface area (Å²) < 4.78 is 0. The Hall–Kier alpha value is -2.38. The number of anilines is 1. The molecule has 29 heavy (non-hydrogen) atoms. The zero-order valence-electron chi connectivity index (χ0n) is 16.8. The van der Waals surface area contributed by atoms with E-state index in [1.165, 1.54) is 11.8 Å². The average molecular weight is 431 g/mol. The third-order valence-corrected chi connectivity index (χ3v) is 6.04. The number of thioether (sulfide) groups is 1. The van der Waals surface area contributed by atoms with Gasteiger partial charge in [-0.25, -0.2) is 4.79 Å². The number of carboxylic acid groups (broad SMARTS) is 1. The number of ketones is 1. The molecule has 0 unspecified atom stereocenters. The van der Waals surface area contributed by atoms with E-state index >= 15 is 0 Å². The number of carboxylic acids is 1. The fraction of sp³-hybridized carbons (Fsp3) is 0.318. The molecule has 0 bridgehead atoms. The van der Waals surface area contributed by atoms with Gasteiger partial charge in [-0.2, -0.15) is 11.8 Å². The maximum Gasteiger partial charge on any atom is 0.326 e. The van der Waals surface area contributed by atoms with E-state index in [0.29, 0.717) is 17.1 Å². The molecular weight excluding hydrogens is 404 g/mol. The molecule has 2 atom stereocenters. The third-order valence-electron chi connectivity index (χ3n) is 4.47. The number of nitrogens with zero attached hydrogens (tertiary/aromatic N) is 1. The van der Waals surface area contributed by atoms with Gasteiger partial charge in [-0.15, -0.1) is 0 Å². The molecule has 2 aromatic rings. The van der Waals surface area contributed by atoms with E-state index in [4.69, 9.17) is 12.2 Å². The Bertz CT molecular complexity index is 839. The van der Waals surface area contributed by atoms with Crippen LogP contribution >= 0.6 is 24.0 Å². The molecule has 7 heteroatoms. The van der Waals surface area contributed by atoms with Crippen LogP contribution in [-0.2, 0) is 10.5 Å². The highest BCUT2D eigenvalue weighted by Crippen LogP contribution is 2.18. The Morgan fingerprint density at radius 2 is 1.72 bits per heavy atom. The van der Waals surface area contributed by atoms with Crippen molar-refractivity contribution in [1.82, 2.24) is 5.32 Å². The minimum atomic E-state index is -0.984.